The van der Waals surface area contributed by atoms with Gasteiger partial charge in [-0.2, -0.15) is 0 Å². The summed E-state index contributed by atoms with van der Waals surface area (Å²) in [6.07, 6.45) is -0.148. The first-order valence-corrected chi connectivity index (χ1v) is 8.72. The van der Waals surface area contributed by atoms with Crippen LogP contribution in [0.25, 0.3) is 11.5 Å². The van der Waals surface area contributed by atoms with Gasteiger partial charge in [-0.05, 0) is 38.8 Å². The molecule has 2 aromatic carbocycles. The van der Waals surface area contributed by atoms with Gasteiger partial charge in [0.25, 0.3) is 0 Å². The zero-order valence-corrected chi connectivity index (χ0v) is 16.0. The van der Waals surface area contributed by atoms with Crippen molar-refractivity contribution in [3.8, 4) is 0 Å². The van der Waals surface area contributed by atoms with Crippen LogP contribution in [0.4, 0.5) is 0 Å². The molecule has 0 amide bonds. The van der Waals surface area contributed by atoms with Crippen LogP contribution in [0.2, 0.25) is 0 Å². The maximum Gasteiger partial charge on any atom is 0.159 e. The average Bonchev–Trinajstić information content (AvgIpc) is 2.61. The lowest BCUT2D eigenvalue weighted by atomic mass is 9.92. The number of allylic oxidation sites excluding steroid dienone is 2. The van der Waals surface area contributed by atoms with Crippen molar-refractivity contribution in [1.29, 1.82) is 0 Å². The quantitative estimate of drug-likeness (QED) is 0.552. The normalized spacial score (nSPS) is 12.9. The van der Waals surface area contributed by atoms with Crippen molar-refractivity contribution in [3.05, 3.63) is 81.9 Å². The molecule has 2 N–H and O–H groups in total. The van der Waals surface area contributed by atoms with E-state index >= 15 is 0 Å². The Kier molecular flexibility index (Phi) is 6.35. The predicted molar refractivity (Wildman–Crippen MR) is 107 cm³/mol. The molecule has 0 radical (unpaired) electrons. The van der Waals surface area contributed by atoms with Crippen LogP contribution in [0.15, 0.2) is 59.7 Å². The number of carbonyl (C=O) groups is 2. The number of Topliss-reactive ketones (excluding diaryl/α,β-unsaturated/α-hetero) is 2. The first kappa shape index (κ1) is 20.2. The van der Waals surface area contributed by atoms with Crippen molar-refractivity contribution >= 4 is 23.1 Å². The molecule has 0 atom stereocenters. The molecule has 0 aliphatic heterocycles. The Labute approximate surface area is 159 Å². The fourth-order valence-corrected chi connectivity index (χ4v) is 2.93. The van der Waals surface area contributed by atoms with Gasteiger partial charge in [0.2, 0.25) is 0 Å². The van der Waals surface area contributed by atoms with Crippen molar-refractivity contribution in [2.75, 3.05) is 0 Å². The van der Waals surface area contributed by atoms with Crippen LogP contribution in [-0.4, -0.2) is 21.8 Å². The third kappa shape index (κ3) is 4.53. The third-order valence-corrected chi connectivity index (χ3v) is 4.58. The Balaban J connectivity index is 2.62. The SMILES string of the molecule is CC(=O)/C(C/C(C(C)=O)=C(\O)c1ccccc1C)=C(/O)c1ccccc1C. The zero-order valence-electron chi connectivity index (χ0n) is 16.0. The molecule has 0 fully saturated rings. The number of aliphatic hydroxyl groups excluding tert-OH is 2. The number of aliphatic hydroxyl groups is 2. The Morgan fingerprint density at radius 1 is 0.704 bits per heavy atom. The van der Waals surface area contributed by atoms with Gasteiger partial charge in [-0.25, -0.2) is 0 Å². The smallest absolute Gasteiger partial charge is 0.159 e. The van der Waals surface area contributed by atoms with Crippen LogP contribution >= 0.6 is 0 Å². The molecule has 0 heterocycles. The minimum absolute atomic E-state index is 0.0923. The van der Waals surface area contributed by atoms with Gasteiger partial charge in [-0.15, -0.1) is 0 Å². The fourth-order valence-electron chi connectivity index (χ4n) is 2.93. The van der Waals surface area contributed by atoms with Gasteiger partial charge in [-0.3, -0.25) is 9.59 Å². The summed E-state index contributed by atoms with van der Waals surface area (Å²) in [6, 6.07) is 14.3. The van der Waals surface area contributed by atoms with Gasteiger partial charge in [0, 0.05) is 28.7 Å². The molecule has 0 aromatic heterocycles. The van der Waals surface area contributed by atoms with E-state index in [2.05, 4.69) is 0 Å². The summed E-state index contributed by atoms with van der Waals surface area (Å²) >= 11 is 0. The van der Waals surface area contributed by atoms with E-state index in [4.69, 9.17) is 0 Å². The largest absolute Gasteiger partial charge is 0.507 e. The fraction of sp³-hybridized carbons (Fsp3) is 0.217. The van der Waals surface area contributed by atoms with Crippen LogP contribution < -0.4 is 0 Å². The van der Waals surface area contributed by atoms with E-state index in [9.17, 15) is 19.8 Å². The van der Waals surface area contributed by atoms with E-state index in [-0.39, 0.29) is 40.7 Å². The van der Waals surface area contributed by atoms with Crippen molar-refractivity contribution in [3.63, 3.8) is 0 Å². The maximum atomic E-state index is 12.2. The number of rotatable bonds is 6. The topological polar surface area (TPSA) is 74.6 Å². The van der Waals surface area contributed by atoms with Crippen LogP contribution in [0.5, 0.6) is 0 Å². The Morgan fingerprint density at radius 3 is 1.33 bits per heavy atom. The highest BCUT2D eigenvalue weighted by Crippen LogP contribution is 2.29. The lowest BCUT2D eigenvalue weighted by Crippen LogP contribution is -2.09. The molecular weight excluding hydrogens is 340 g/mol. The lowest BCUT2D eigenvalue weighted by molar-refractivity contribution is -0.113. The maximum absolute atomic E-state index is 12.2. The molecule has 0 aliphatic carbocycles. The average molecular weight is 364 g/mol. The molecule has 0 bridgehead atoms. The van der Waals surface area contributed by atoms with Gasteiger partial charge in [0.1, 0.15) is 11.5 Å². The highest BCUT2D eigenvalue weighted by atomic mass is 16.3. The number of hydrogen-bond donors (Lipinski definition) is 2. The molecule has 0 saturated heterocycles. The molecule has 27 heavy (non-hydrogen) atoms. The molecule has 0 spiro atoms. The lowest BCUT2D eigenvalue weighted by Gasteiger charge is -2.14. The number of carbonyl (C=O) groups excluding carboxylic acids is 2. The zero-order chi connectivity index (χ0) is 20.1. The minimum atomic E-state index is -0.355. The van der Waals surface area contributed by atoms with Crippen molar-refractivity contribution < 1.29 is 19.8 Å². The summed E-state index contributed by atoms with van der Waals surface area (Å²) in [7, 11) is 0. The molecule has 4 heteroatoms. The summed E-state index contributed by atoms with van der Waals surface area (Å²) in [5.74, 6) is -1.05. The Morgan fingerprint density at radius 2 is 1.04 bits per heavy atom. The number of benzene rings is 2. The highest BCUT2D eigenvalue weighted by molar-refractivity contribution is 6.06. The van der Waals surface area contributed by atoms with Crippen LogP contribution in [0, 0.1) is 13.8 Å². The van der Waals surface area contributed by atoms with Gasteiger partial charge in [0.05, 0.1) is 0 Å². The van der Waals surface area contributed by atoms with Gasteiger partial charge < -0.3 is 10.2 Å². The van der Waals surface area contributed by atoms with E-state index < -0.39 is 0 Å². The molecule has 140 valence electrons. The standard InChI is InChI=1S/C23H24O4/c1-14-9-5-7-11-18(14)22(26)20(16(3)24)13-21(17(4)25)23(27)19-12-8-6-10-15(19)2/h5-12,26-27H,13H2,1-4H3/b22-20+,23-21+. The molecule has 0 saturated carbocycles. The highest BCUT2D eigenvalue weighted by Gasteiger charge is 2.21. The van der Waals surface area contributed by atoms with Crippen LogP contribution in [0.3, 0.4) is 0 Å². The van der Waals surface area contributed by atoms with E-state index in [1.807, 2.05) is 38.1 Å². The second-order valence-electron chi connectivity index (χ2n) is 6.57. The van der Waals surface area contributed by atoms with Crippen LogP contribution in [0.1, 0.15) is 42.5 Å². The summed E-state index contributed by atoms with van der Waals surface area (Å²) in [5, 5.41) is 21.4. The molecule has 2 rings (SSSR count). The van der Waals surface area contributed by atoms with Crippen molar-refractivity contribution in [1.82, 2.24) is 0 Å². The van der Waals surface area contributed by atoms with Crippen molar-refractivity contribution in [2.45, 2.75) is 34.1 Å². The number of ketones is 2. The third-order valence-electron chi connectivity index (χ3n) is 4.58. The van der Waals surface area contributed by atoms with Gasteiger partial charge >= 0.3 is 0 Å². The van der Waals surface area contributed by atoms with Crippen LogP contribution in [-0.2, 0) is 9.59 Å². The molecule has 0 aliphatic rings. The molecular formula is C23H24O4. The first-order valence-electron chi connectivity index (χ1n) is 8.72. The molecule has 4 nitrogen and oxygen atoms in total. The predicted octanol–water partition coefficient (Wildman–Crippen LogP) is 5.11. The molecule has 2 aromatic rings. The summed E-state index contributed by atoms with van der Waals surface area (Å²) in [4.78, 5) is 24.4. The minimum Gasteiger partial charge on any atom is -0.507 e. The molecule has 0 unspecified atom stereocenters. The summed E-state index contributed by atoms with van der Waals surface area (Å²) in [5.41, 5.74) is 2.86. The van der Waals surface area contributed by atoms with E-state index in [1.165, 1.54) is 13.8 Å². The first-order chi connectivity index (χ1) is 12.7. The summed E-state index contributed by atoms with van der Waals surface area (Å²) < 4.78 is 0. The number of hydrogen-bond acceptors (Lipinski definition) is 4. The van der Waals surface area contributed by atoms with Crippen molar-refractivity contribution in [2.24, 2.45) is 0 Å². The monoisotopic (exact) mass is 364 g/mol. The Bertz CT molecular complexity index is 871. The number of aryl methyl sites for hydroxylation is 2. The second kappa shape index (κ2) is 8.49. The van der Waals surface area contributed by atoms with E-state index in [1.54, 1.807) is 24.3 Å². The van der Waals surface area contributed by atoms with Gasteiger partial charge in [0.15, 0.2) is 11.6 Å². The Hall–Kier alpha value is -3.14. The van der Waals surface area contributed by atoms with E-state index in [0.717, 1.165) is 11.1 Å². The summed E-state index contributed by atoms with van der Waals surface area (Å²) in [6.45, 7) is 6.34. The second-order valence-corrected chi connectivity index (χ2v) is 6.57. The van der Waals surface area contributed by atoms with E-state index in [0.29, 0.717) is 11.1 Å². The van der Waals surface area contributed by atoms with Gasteiger partial charge in [-0.1, -0.05) is 48.5 Å².